The van der Waals surface area contributed by atoms with Gasteiger partial charge in [-0.1, -0.05) is 0 Å². The van der Waals surface area contributed by atoms with Gasteiger partial charge in [-0.25, -0.2) is 17.6 Å². The first-order valence-electron chi connectivity index (χ1n) is 5.85. The second-order valence-electron chi connectivity index (χ2n) is 4.01. The fourth-order valence-corrected chi connectivity index (χ4v) is 2.83. The molecule has 0 fully saturated rings. The van der Waals surface area contributed by atoms with Gasteiger partial charge in [-0.05, 0) is 25.1 Å². The fraction of sp³-hybridized carbons (Fsp3) is 0.333. The number of hydrogen-bond donors (Lipinski definition) is 1. The lowest BCUT2D eigenvalue weighted by molar-refractivity contribution is -0.143. The van der Waals surface area contributed by atoms with Gasteiger partial charge in [0.1, 0.15) is 12.4 Å². The number of nitrogens with zero attached hydrogens (tertiary/aromatic N) is 1. The van der Waals surface area contributed by atoms with E-state index < -0.39 is 44.8 Å². The van der Waals surface area contributed by atoms with Crippen molar-refractivity contribution in [3.63, 3.8) is 0 Å². The average molecular weight is 319 g/mol. The van der Waals surface area contributed by atoms with Crippen molar-refractivity contribution < 1.29 is 32.2 Å². The third-order valence-electron chi connectivity index (χ3n) is 2.52. The summed E-state index contributed by atoms with van der Waals surface area (Å²) >= 11 is 0. The molecule has 116 valence electrons. The molecule has 0 aliphatic carbocycles. The lowest BCUT2D eigenvalue weighted by Gasteiger charge is -2.17. The Kier molecular flexibility index (Phi) is 5.39. The molecule has 0 amide bonds. The number of rotatable bonds is 6. The van der Waals surface area contributed by atoms with Crippen LogP contribution in [0.4, 0.5) is 4.39 Å². The number of carbonyl (C=O) groups excluding carboxylic acids is 1. The Hall–Kier alpha value is -2.00. The highest BCUT2D eigenvalue weighted by molar-refractivity contribution is 7.89. The topological polar surface area (TPSA) is 101 Å². The largest absolute Gasteiger partial charge is 0.478 e. The van der Waals surface area contributed by atoms with Crippen LogP contribution in [0.15, 0.2) is 23.1 Å². The van der Waals surface area contributed by atoms with Crippen LogP contribution in [0.2, 0.25) is 0 Å². The van der Waals surface area contributed by atoms with Gasteiger partial charge in [0.15, 0.2) is 0 Å². The number of ether oxygens (including phenoxy) is 1. The predicted octanol–water partition coefficient (Wildman–Crippen LogP) is 0.708. The fourth-order valence-electron chi connectivity index (χ4n) is 1.53. The Morgan fingerprint density at radius 3 is 2.52 bits per heavy atom. The molecule has 0 radical (unpaired) electrons. The Bertz CT molecular complexity index is 658. The van der Waals surface area contributed by atoms with E-state index in [1.807, 2.05) is 0 Å². The van der Waals surface area contributed by atoms with Crippen LogP contribution >= 0.6 is 0 Å². The normalized spacial score (nSPS) is 11.4. The van der Waals surface area contributed by atoms with Gasteiger partial charge in [0.25, 0.3) is 0 Å². The monoisotopic (exact) mass is 319 g/mol. The van der Waals surface area contributed by atoms with Crippen molar-refractivity contribution >= 4 is 22.0 Å². The summed E-state index contributed by atoms with van der Waals surface area (Å²) in [6, 6.07) is 2.29. The number of halogens is 1. The number of likely N-dealkylation sites (N-methyl/N-ethyl adjacent to an activating group) is 1. The maximum absolute atomic E-state index is 13.2. The molecule has 0 saturated carbocycles. The molecule has 0 aliphatic rings. The van der Waals surface area contributed by atoms with Gasteiger partial charge in [-0.3, -0.25) is 4.79 Å². The van der Waals surface area contributed by atoms with E-state index >= 15 is 0 Å². The van der Waals surface area contributed by atoms with Gasteiger partial charge < -0.3 is 9.84 Å². The molecule has 0 spiro atoms. The first kappa shape index (κ1) is 17.1. The molecule has 0 unspecified atom stereocenters. The third-order valence-corrected chi connectivity index (χ3v) is 4.36. The SMILES string of the molecule is CCOC(=O)CN(C)S(=O)(=O)c1cc(F)ccc1C(=O)O. The number of esters is 1. The standard InChI is InChI=1S/C12H14FNO6S/c1-3-20-11(15)7-14(2)21(18,19)10-6-8(13)4-5-9(10)12(16)17/h4-6H,3,7H2,1-2H3,(H,16,17). The van der Waals surface area contributed by atoms with Crippen LogP contribution in [0, 0.1) is 5.82 Å². The lowest BCUT2D eigenvalue weighted by atomic mass is 10.2. The summed E-state index contributed by atoms with van der Waals surface area (Å²) in [6.45, 7) is 1.03. The minimum Gasteiger partial charge on any atom is -0.478 e. The van der Waals surface area contributed by atoms with E-state index in [0.29, 0.717) is 10.4 Å². The Labute approximate surface area is 121 Å². The zero-order valence-corrected chi connectivity index (χ0v) is 12.2. The molecule has 1 rings (SSSR count). The third kappa shape index (κ3) is 3.99. The van der Waals surface area contributed by atoms with Crippen LogP contribution in [0.25, 0.3) is 0 Å². The van der Waals surface area contributed by atoms with Crippen LogP contribution in [-0.4, -0.2) is 50.0 Å². The van der Waals surface area contributed by atoms with Crippen molar-refractivity contribution in [2.24, 2.45) is 0 Å². The van der Waals surface area contributed by atoms with E-state index in [2.05, 4.69) is 4.74 Å². The molecule has 21 heavy (non-hydrogen) atoms. The summed E-state index contributed by atoms with van der Waals surface area (Å²) in [5.41, 5.74) is -0.577. The van der Waals surface area contributed by atoms with Crippen LogP contribution < -0.4 is 0 Å². The van der Waals surface area contributed by atoms with E-state index in [9.17, 15) is 22.4 Å². The summed E-state index contributed by atoms with van der Waals surface area (Å²) in [5.74, 6) is -3.21. The molecule has 0 atom stereocenters. The minimum absolute atomic E-state index is 0.0765. The van der Waals surface area contributed by atoms with Crippen molar-refractivity contribution in [2.75, 3.05) is 20.2 Å². The molecule has 1 aromatic carbocycles. The molecule has 0 aliphatic heterocycles. The molecule has 0 saturated heterocycles. The Morgan fingerprint density at radius 2 is 2.00 bits per heavy atom. The number of sulfonamides is 1. The average Bonchev–Trinajstić information content (AvgIpc) is 2.38. The predicted molar refractivity (Wildman–Crippen MR) is 69.8 cm³/mol. The van der Waals surface area contributed by atoms with Gasteiger partial charge in [0.2, 0.25) is 10.0 Å². The van der Waals surface area contributed by atoms with E-state index in [1.165, 1.54) is 0 Å². The van der Waals surface area contributed by atoms with Crippen molar-refractivity contribution in [3.05, 3.63) is 29.6 Å². The van der Waals surface area contributed by atoms with Crippen molar-refractivity contribution in [3.8, 4) is 0 Å². The van der Waals surface area contributed by atoms with E-state index in [1.54, 1.807) is 6.92 Å². The molecular weight excluding hydrogens is 305 g/mol. The van der Waals surface area contributed by atoms with E-state index in [-0.39, 0.29) is 6.61 Å². The molecule has 0 aromatic heterocycles. The zero-order valence-electron chi connectivity index (χ0n) is 11.4. The maximum Gasteiger partial charge on any atom is 0.337 e. The van der Waals surface area contributed by atoms with Crippen LogP contribution in [0.3, 0.4) is 0 Å². The first-order chi connectivity index (χ1) is 9.70. The first-order valence-corrected chi connectivity index (χ1v) is 7.29. The van der Waals surface area contributed by atoms with Gasteiger partial charge in [0.05, 0.1) is 17.1 Å². The van der Waals surface area contributed by atoms with Gasteiger partial charge in [-0.2, -0.15) is 4.31 Å². The van der Waals surface area contributed by atoms with Crippen molar-refractivity contribution in [2.45, 2.75) is 11.8 Å². The van der Waals surface area contributed by atoms with E-state index in [4.69, 9.17) is 5.11 Å². The number of carboxylic acid groups (broad SMARTS) is 1. The maximum atomic E-state index is 13.2. The van der Waals surface area contributed by atoms with Crippen molar-refractivity contribution in [1.29, 1.82) is 0 Å². The van der Waals surface area contributed by atoms with Crippen LogP contribution in [0.5, 0.6) is 0 Å². The number of aromatic carboxylic acids is 1. The molecule has 7 nitrogen and oxygen atoms in total. The Morgan fingerprint density at radius 1 is 1.38 bits per heavy atom. The summed E-state index contributed by atoms with van der Waals surface area (Å²) < 4.78 is 42.9. The minimum atomic E-state index is -4.34. The zero-order chi connectivity index (χ0) is 16.2. The highest BCUT2D eigenvalue weighted by Gasteiger charge is 2.28. The van der Waals surface area contributed by atoms with Crippen LogP contribution in [-0.2, 0) is 19.6 Å². The second-order valence-corrected chi connectivity index (χ2v) is 6.03. The van der Waals surface area contributed by atoms with Crippen molar-refractivity contribution in [1.82, 2.24) is 4.31 Å². The summed E-state index contributed by atoms with van der Waals surface area (Å²) in [7, 11) is -3.27. The molecular formula is C12H14FNO6S. The summed E-state index contributed by atoms with van der Waals surface area (Å²) in [6.07, 6.45) is 0. The number of hydrogen-bond acceptors (Lipinski definition) is 5. The molecule has 0 bridgehead atoms. The quantitative estimate of drug-likeness (QED) is 0.775. The lowest BCUT2D eigenvalue weighted by Crippen LogP contribution is -2.34. The van der Waals surface area contributed by atoms with Gasteiger partial charge in [0, 0.05) is 7.05 Å². The van der Waals surface area contributed by atoms with E-state index in [0.717, 1.165) is 19.2 Å². The summed E-state index contributed by atoms with van der Waals surface area (Å²) in [4.78, 5) is 21.6. The molecule has 0 heterocycles. The van der Waals surface area contributed by atoms with Crippen LogP contribution in [0.1, 0.15) is 17.3 Å². The molecule has 1 aromatic rings. The molecule has 1 N–H and O–H groups in total. The molecule has 9 heteroatoms. The number of benzene rings is 1. The number of carbonyl (C=O) groups is 2. The summed E-state index contributed by atoms with van der Waals surface area (Å²) in [5, 5.41) is 8.97. The Balaban J connectivity index is 3.21. The highest BCUT2D eigenvalue weighted by atomic mass is 32.2. The highest BCUT2D eigenvalue weighted by Crippen LogP contribution is 2.21. The van der Waals surface area contributed by atoms with Gasteiger partial charge in [-0.15, -0.1) is 0 Å². The number of carboxylic acids is 1. The van der Waals surface area contributed by atoms with Gasteiger partial charge >= 0.3 is 11.9 Å². The smallest absolute Gasteiger partial charge is 0.337 e. The second kappa shape index (κ2) is 6.64.